The number of rotatable bonds is 2. The van der Waals surface area contributed by atoms with Crippen molar-refractivity contribution < 1.29 is 9.53 Å². The van der Waals surface area contributed by atoms with Crippen LogP contribution in [-0.2, 0) is 0 Å². The molecule has 0 unspecified atom stereocenters. The number of nitrogens with zero attached hydrogens (tertiary/aromatic N) is 1. The number of halogens is 1. The molecule has 0 aliphatic carbocycles. The topological polar surface area (TPSA) is 51.2 Å². The highest BCUT2D eigenvalue weighted by Gasteiger charge is 2.23. The molecule has 4 nitrogen and oxygen atoms in total. The number of aromatic nitrogens is 1. The van der Waals surface area contributed by atoms with Crippen molar-refractivity contribution in [3.8, 4) is 5.75 Å². The van der Waals surface area contributed by atoms with E-state index in [9.17, 15) is 4.79 Å². The lowest BCUT2D eigenvalue weighted by Gasteiger charge is -2.26. The number of carbonyl (C=O) groups is 1. The normalized spacial score (nSPS) is 16.9. The molecule has 102 valence electrons. The van der Waals surface area contributed by atoms with E-state index in [0.29, 0.717) is 17.3 Å². The van der Waals surface area contributed by atoms with Crippen molar-refractivity contribution >= 4 is 17.5 Å². The number of hydrogen-bond donors (Lipinski definition) is 1. The number of benzene rings is 1. The van der Waals surface area contributed by atoms with Crippen LogP contribution < -0.4 is 10.1 Å². The molecule has 1 aliphatic rings. The molecule has 0 bridgehead atoms. The van der Waals surface area contributed by atoms with Crippen LogP contribution in [0.1, 0.15) is 28.4 Å². The fourth-order valence-electron chi connectivity index (χ4n) is 2.24. The molecule has 1 N–H and O–H groups in total. The van der Waals surface area contributed by atoms with Crippen LogP contribution in [0, 0.1) is 0 Å². The molecule has 5 heteroatoms. The van der Waals surface area contributed by atoms with E-state index in [4.69, 9.17) is 16.3 Å². The van der Waals surface area contributed by atoms with E-state index in [2.05, 4.69) is 10.3 Å². The van der Waals surface area contributed by atoms with E-state index in [-0.39, 0.29) is 11.9 Å². The Morgan fingerprint density at radius 1 is 1.30 bits per heavy atom. The number of carbonyl (C=O) groups excluding carboxylic acids is 1. The van der Waals surface area contributed by atoms with Crippen molar-refractivity contribution in [3.63, 3.8) is 0 Å². The smallest absolute Gasteiger partial charge is 0.253 e. The molecular weight excluding hydrogens is 276 g/mol. The van der Waals surface area contributed by atoms with Crippen LogP contribution in [0.15, 0.2) is 42.6 Å². The Labute approximate surface area is 121 Å². The second kappa shape index (κ2) is 5.51. The largest absolute Gasteiger partial charge is 0.493 e. The van der Waals surface area contributed by atoms with E-state index in [1.807, 2.05) is 24.3 Å². The molecule has 0 fully saturated rings. The number of pyridine rings is 1. The molecular formula is C15H13ClN2O2. The standard InChI is InChI=1S/C15H13ClN2O2/c16-14-6-5-10(9-17-14)15(19)18-12-7-8-20-13-4-2-1-3-11(12)13/h1-6,9,12H,7-8H2,(H,18,19)/t12-/m1/s1. The maximum atomic E-state index is 12.2. The number of fused-ring (bicyclic) bond motifs is 1. The van der Waals surface area contributed by atoms with Crippen LogP contribution in [0.25, 0.3) is 0 Å². The van der Waals surface area contributed by atoms with Crippen molar-refractivity contribution in [1.82, 2.24) is 10.3 Å². The molecule has 2 heterocycles. The van der Waals surface area contributed by atoms with Crippen molar-refractivity contribution in [3.05, 3.63) is 58.9 Å². The number of ether oxygens (including phenoxy) is 1. The number of amides is 1. The van der Waals surface area contributed by atoms with Gasteiger partial charge in [-0.1, -0.05) is 29.8 Å². The molecule has 3 rings (SSSR count). The summed E-state index contributed by atoms with van der Waals surface area (Å²) in [6, 6.07) is 11.0. The van der Waals surface area contributed by atoms with Gasteiger partial charge in [-0.05, 0) is 18.2 Å². The lowest BCUT2D eigenvalue weighted by atomic mass is 10.0. The first kappa shape index (κ1) is 12.9. The highest BCUT2D eigenvalue weighted by Crippen LogP contribution is 2.31. The van der Waals surface area contributed by atoms with Gasteiger partial charge in [0.25, 0.3) is 5.91 Å². The molecule has 0 saturated heterocycles. The van der Waals surface area contributed by atoms with E-state index < -0.39 is 0 Å². The van der Waals surface area contributed by atoms with Gasteiger partial charge in [0, 0.05) is 18.2 Å². The molecule has 1 aromatic carbocycles. The summed E-state index contributed by atoms with van der Waals surface area (Å²) in [5.41, 5.74) is 1.51. The van der Waals surface area contributed by atoms with Gasteiger partial charge in [-0.15, -0.1) is 0 Å². The number of hydrogen-bond acceptors (Lipinski definition) is 3. The van der Waals surface area contributed by atoms with E-state index in [1.165, 1.54) is 6.20 Å². The number of para-hydroxylation sites is 1. The predicted molar refractivity (Wildman–Crippen MR) is 76.0 cm³/mol. The second-order valence-electron chi connectivity index (χ2n) is 4.57. The number of nitrogens with one attached hydrogen (secondary N) is 1. The van der Waals surface area contributed by atoms with Crippen LogP contribution in [0.5, 0.6) is 5.75 Å². The maximum absolute atomic E-state index is 12.2. The van der Waals surface area contributed by atoms with Crippen LogP contribution in [0.2, 0.25) is 5.15 Å². The Balaban J connectivity index is 1.79. The summed E-state index contributed by atoms with van der Waals surface area (Å²) in [6.45, 7) is 0.598. The third-order valence-electron chi connectivity index (χ3n) is 3.25. The highest BCUT2D eigenvalue weighted by atomic mass is 35.5. The monoisotopic (exact) mass is 288 g/mol. The van der Waals surface area contributed by atoms with Gasteiger partial charge < -0.3 is 10.1 Å². The Hall–Kier alpha value is -2.07. The zero-order chi connectivity index (χ0) is 13.9. The predicted octanol–water partition coefficient (Wildman–Crippen LogP) is 2.99. The molecule has 0 saturated carbocycles. The van der Waals surface area contributed by atoms with Crippen LogP contribution in [0.4, 0.5) is 0 Å². The molecule has 0 radical (unpaired) electrons. The zero-order valence-corrected chi connectivity index (χ0v) is 11.4. The van der Waals surface area contributed by atoms with Gasteiger partial charge in [-0.2, -0.15) is 0 Å². The van der Waals surface area contributed by atoms with Gasteiger partial charge in [0.1, 0.15) is 10.9 Å². The summed E-state index contributed by atoms with van der Waals surface area (Å²) in [5.74, 6) is 0.675. The minimum atomic E-state index is -0.157. The van der Waals surface area contributed by atoms with Gasteiger partial charge in [0.05, 0.1) is 18.2 Å². The van der Waals surface area contributed by atoms with Gasteiger partial charge >= 0.3 is 0 Å². The lowest BCUT2D eigenvalue weighted by molar-refractivity contribution is 0.0924. The van der Waals surface area contributed by atoms with Crippen molar-refractivity contribution in [2.75, 3.05) is 6.61 Å². The maximum Gasteiger partial charge on any atom is 0.253 e. The third kappa shape index (κ3) is 2.60. The first-order chi connectivity index (χ1) is 9.74. The van der Waals surface area contributed by atoms with Gasteiger partial charge in [-0.25, -0.2) is 4.98 Å². The molecule has 0 spiro atoms. The van der Waals surface area contributed by atoms with Crippen LogP contribution >= 0.6 is 11.6 Å². The molecule has 1 atom stereocenters. The van der Waals surface area contributed by atoms with Gasteiger partial charge in [0.2, 0.25) is 0 Å². The second-order valence-corrected chi connectivity index (χ2v) is 4.96. The van der Waals surface area contributed by atoms with Crippen molar-refractivity contribution in [2.24, 2.45) is 0 Å². The lowest BCUT2D eigenvalue weighted by Crippen LogP contribution is -2.32. The van der Waals surface area contributed by atoms with E-state index in [0.717, 1.165) is 17.7 Å². The van der Waals surface area contributed by atoms with Crippen LogP contribution in [-0.4, -0.2) is 17.5 Å². The summed E-state index contributed by atoms with van der Waals surface area (Å²) in [4.78, 5) is 16.1. The zero-order valence-electron chi connectivity index (χ0n) is 10.7. The molecule has 1 aliphatic heterocycles. The minimum absolute atomic E-state index is 0.0388. The quantitative estimate of drug-likeness (QED) is 0.864. The Morgan fingerprint density at radius 2 is 2.15 bits per heavy atom. The molecule has 1 aromatic heterocycles. The van der Waals surface area contributed by atoms with Crippen molar-refractivity contribution in [1.29, 1.82) is 0 Å². The van der Waals surface area contributed by atoms with Gasteiger partial charge in [-0.3, -0.25) is 4.79 Å². The van der Waals surface area contributed by atoms with Crippen molar-refractivity contribution in [2.45, 2.75) is 12.5 Å². The Kier molecular flexibility index (Phi) is 3.56. The van der Waals surface area contributed by atoms with E-state index >= 15 is 0 Å². The molecule has 2 aromatic rings. The van der Waals surface area contributed by atoms with Gasteiger partial charge in [0.15, 0.2) is 0 Å². The highest BCUT2D eigenvalue weighted by molar-refractivity contribution is 6.29. The molecule has 20 heavy (non-hydrogen) atoms. The first-order valence-corrected chi connectivity index (χ1v) is 6.76. The summed E-state index contributed by atoms with van der Waals surface area (Å²) in [7, 11) is 0. The minimum Gasteiger partial charge on any atom is -0.493 e. The summed E-state index contributed by atoms with van der Waals surface area (Å²) in [6.07, 6.45) is 2.23. The third-order valence-corrected chi connectivity index (χ3v) is 3.48. The average molecular weight is 289 g/mol. The molecule has 1 amide bonds. The average Bonchev–Trinajstić information content (AvgIpc) is 2.48. The summed E-state index contributed by atoms with van der Waals surface area (Å²) < 4.78 is 5.58. The SMILES string of the molecule is O=C(N[C@@H]1CCOc2ccccc21)c1ccc(Cl)nc1. The Bertz CT molecular complexity index is 628. The fraction of sp³-hybridized carbons (Fsp3) is 0.200. The first-order valence-electron chi connectivity index (χ1n) is 6.38. The fourth-order valence-corrected chi connectivity index (χ4v) is 2.36. The summed E-state index contributed by atoms with van der Waals surface area (Å²) in [5, 5.41) is 3.38. The summed E-state index contributed by atoms with van der Waals surface area (Å²) >= 11 is 5.72. The van der Waals surface area contributed by atoms with E-state index in [1.54, 1.807) is 12.1 Å². The Morgan fingerprint density at radius 3 is 2.95 bits per heavy atom. The van der Waals surface area contributed by atoms with Crippen LogP contribution in [0.3, 0.4) is 0 Å².